The van der Waals surface area contributed by atoms with Crippen LogP contribution in [0.2, 0.25) is 0 Å². The number of hydrogen-bond donors (Lipinski definition) is 1. The maximum atomic E-state index is 12.3. The molecule has 6 heteroatoms. The van der Waals surface area contributed by atoms with E-state index >= 15 is 0 Å². The average molecular weight is 247 g/mol. The van der Waals surface area contributed by atoms with E-state index in [1.165, 1.54) is 4.90 Å². The van der Waals surface area contributed by atoms with Gasteiger partial charge < -0.3 is 5.11 Å². The molecule has 4 nitrogen and oxygen atoms in total. The Morgan fingerprint density at radius 1 is 1.47 bits per heavy atom. The molecule has 1 aromatic heterocycles. The van der Waals surface area contributed by atoms with E-state index in [9.17, 15) is 8.78 Å². The van der Waals surface area contributed by atoms with Gasteiger partial charge in [0.2, 0.25) is 0 Å². The van der Waals surface area contributed by atoms with Crippen molar-refractivity contribution < 1.29 is 13.9 Å². The minimum atomic E-state index is -2.39. The molecular weight excluding hydrogens is 228 g/mol. The van der Waals surface area contributed by atoms with Crippen LogP contribution in [0.25, 0.3) is 0 Å². The number of alkyl halides is 2. The summed E-state index contributed by atoms with van der Waals surface area (Å²) in [6.45, 7) is 4.11. The van der Waals surface area contributed by atoms with Gasteiger partial charge in [-0.1, -0.05) is 0 Å². The third kappa shape index (κ3) is 4.79. The van der Waals surface area contributed by atoms with Crippen molar-refractivity contribution in [2.75, 3.05) is 19.7 Å². The quantitative estimate of drug-likeness (QED) is 0.794. The zero-order valence-electron chi connectivity index (χ0n) is 10.2. The Morgan fingerprint density at radius 3 is 2.65 bits per heavy atom. The van der Waals surface area contributed by atoms with Crippen molar-refractivity contribution >= 4 is 0 Å². The first kappa shape index (κ1) is 14.1. The predicted octanol–water partition coefficient (Wildman–Crippen LogP) is 1.52. The van der Waals surface area contributed by atoms with Crippen LogP contribution in [0.3, 0.4) is 0 Å². The summed E-state index contributed by atoms with van der Waals surface area (Å²) in [5, 5.41) is 13.1. The summed E-state index contributed by atoms with van der Waals surface area (Å²) in [4.78, 5) is 1.50. The van der Waals surface area contributed by atoms with Gasteiger partial charge in [-0.15, -0.1) is 0 Å². The monoisotopic (exact) mass is 247 g/mol. The Balaban J connectivity index is 2.58. The molecule has 0 fully saturated rings. The van der Waals surface area contributed by atoms with Gasteiger partial charge in [-0.05, 0) is 19.9 Å². The van der Waals surface area contributed by atoms with Crippen LogP contribution < -0.4 is 0 Å². The van der Waals surface area contributed by atoms with Gasteiger partial charge in [0, 0.05) is 25.3 Å². The van der Waals surface area contributed by atoms with Gasteiger partial charge in [-0.2, -0.15) is 5.10 Å². The van der Waals surface area contributed by atoms with Crippen LogP contribution in [0.5, 0.6) is 0 Å². The van der Waals surface area contributed by atoms with Gasteiger partial charge in [0.15, 0.2) is 0 Å². The topological polar surface area (TPSA) is 41.3 Å². The van der Waals surface area contributed by atoms with Crippen molar-refractivity contribution in [3.05, 3.63) is 18.0 Å². The van der Waals surface area contributed by atoms with Crippen molar-refractivity contribution in [2.45, 2.75) is 32.9 Å². The second-order valence-electron chi connectivity index (χ2n) is 4.23. The molecule has 1 N–H and O–H groups in total. The fourth-order valence-electron chi connectivity index (χ4n) is 1.55. The first-order valence-corrected chi connectivity index (χ1v) is 5.68. The van der Waals surface area contributed by atoms with Crippen LogP contribution in [0.1, 0.15) is 25.6 Å². The Labute approximate surface area is 99.8 Å². The van der Waals surface area contributed by atoms with Crippen molar-refractivity contribution in [3.8, 4) is 0 Å². The van der Waals surface area contributed by atoms with Crippen molar-refractivity contribution in [1.82, 2.24) is 14.7 Å². The van der Waals surface area contributed by atoms with E-state index in [0.29, 0.717) is 6.54 Å². The smallest absolute Gasteiger partial charge is 0.251 e. The fraction of sp³-hybridized carbons (Fsp3) is 0.727. The molecule has 0 radical (unpaired) electrons. The highest BCUT2D eigenvalue weighted by Crippen LogP contribution is 2.08. The zero-order valence-corrected chi connectivity index (χ0v) is 10.2. The van der Waals surface area contributed by atoms with E-state index in [-0.39, 0.29) is 25.7 Å². The molecule has 0 saturated carbocycles. The molecule has 1 aromatic rings. The Bertz CT molecular complexity index is 328. The van der Waals surface area contributed by atoms with Crippen molar-refractivity contribution in [1.29, 1.82) is 0 Å². The van der Waals surface area contributed by atoms with E-state index in [4.69, 9.17) is 5.11 Å². The van der Waals surface area contributed by atoms with Crippen LogP contribution >= 0.6 is 0 Å². The number of aliphatic hydroxyl groups excluding tert-OH is 1. The predicted molar refractivity (Wildman–Crippen MR) is 61.0 cm³/mol. The lowest BCUT2D eigenvalue weighted by Crippen LogP contribution is -2.31. The molecule has 0 aliphatic rings. The lowest BCUT2D eigenvalue weighted by atomic mass is 10.3. The molecular formula is C11H19F2N3O. The molecule has 1 rings (SSSR count). The summed E-state index contributed by atoms with van der Waals surface area (Å²) in [6.07, 6.45) is -0.562. The standard InChI is InChI=1S/C11H19F2N3O/c1-9(2)16-4-3-10(14-16)7-15(5-6-17)8-11(12)13/h3-4,9,11,17H,5-8H2,1-2H3. The first-order valence-electron chi connectivity index (χ1n) is 5.68. The highest BCUT2D eigenvalue weighted by Gasteiger charge is 2.13. The molecule has 0 aliphatic heterocycles. The average Bonchev–Trinajstić information content (AvgIpc) is 2.65. The number of nitrogens with zero attached hydrogens (tertiary/aromatic N) is 3. The molecule has 0 amide bonds. The minimum absolute atomic E-state index is 0.127. The van der Waals surface area contributed by atoms with Gasteiger partial charge in [0.25, 0.3) is 6.43 Å². The summed E-state index contributed by atoms with van der Waals surface area (Å²) in [6, 6.07) is 2.07. The van der Waals surface area contributed by atoms with Crippen LogP contribution in [-0.4, -0.2) is 45.9 Å². The van der Waals surface area contributed by atoms with Gasteiger partial charge in [0.05, 0.1) is 18.8 Å². The Kier molecular flexibility index (Phi) is 5.50. The van der Waals surface area contributed by atoms with E-state index in [2.05, 4.69) is 5.10 Å². The summed E-state index contributed by atoms with van der Waals surface area (Å²) < 4.78 is 26.4. The third-order valence-electron chi connectivity index (χ3n) is 2.39. The summed E-state index contributed by atoms with van der Waals surface area (Å²) in [5.74, 6) is 0. The van der Waals surface area contributed by atoms with Crippen molar-refractivity contribution in [2.24, 2.45) is 0 Å². The largest absolute Gasteiger partial charge is 0.395 e. The van der Waals surface area contributed by atoms with Gasteiger partial charge >= 0.3 is 0 Å². The molecule has 0 atom stereocenters. The molecule has 0 saturated heterocycles. The number of rotatable bonds is 7. The summed E-state index contributed by atoms with van der Waals surface area (Å²) in [5.41, 5.74) is 0.743. The summed E-state index contributed by atoms with van der Waals surface area (Å²) >= 11 is 0. The van der Waals surface area contributed by atoms with Gasteiger partial charge in [-0.3, -0.25) is 9.58 Å². The second-order valence-corrected chi connectivity index (χ2v) is 4.23. The Morgan fingerprint density at radius 2 is 2.18 bits per heavy atom. The molecule has 0 aromatic carbocycles. The summed E-state index contributed by atoms with van der Waals surface area (Å²) in [7, 11) is 0. The van der Waals surface area contributed by atoms with Crippen LogP contribution in [-0.2, 0) is 6.54 Å². The molecule has 98 valence electrons. The Hall–Kier alpha value is -1.01. The molecule has 1 heterocycles. The van der Waals surface area contributed by atoms with Gasteiger partial charge in [-0.25, -0.2) is 8.78 Å². The molecule has 0 bridgehead atoms. The van der Waals surface area contributed by atoms with E-state index in [1.54, 1.807) is 4.68 Å². The first-order chi connectivity index (χ1) is 8.02. The minimum Gasteiger partial charge on any atom is -0.395 e. The van der Waals surface area contributed by atoms with Crippen LogP contribution in [0.15, 0.2) is 12.3 Å². The second kappa shape index (κ2) is 6.66. The third-order valence-corrected chi connectivity index (χ3v) is 2.39. The zero-order chi connectivity index (χ0) is 12.8. The highest BCUT2D eigenvalue weighted by molar-refractivity contribution is 4.99. The van der Waals surface area contributed by atoms with E-state index < -0.39 is 6.43 Å². The molecule has 0 spiro atoms. The molecule has 17 heavy (non-hydrogen) atoms. The molecule has 0 aliphatic carbocycles. The lowest BCUT2D eigenvalue weighted by Gasteiger charge is -2.19. The molecule has 0 unspecified atom stereocenters. The van der Waals surface area contributed by atoms with Crippen LogP contribution in [0, 0.1) is 0 Å². The van der Waals surface area contributed by atoms with E-state index in [1.807, 2.05) is 26.1 Å². The number of aromatic nitrogens is 2. The number of hydrogen-bond acceptors (Lipinski definition) is 3. The maximum absolute atomic E-state index is 12.3. The lowest BCUT2D eigenvalue weighted by molar-refractivity contribution is 0.0739. The van der Waals surface area contributed by atoms with Crippen molar-refractivity contribution in [3.63, 3.8) is 0 Å². The fourth-order valence-corrected chi connectivity index (χ4v) is 1.55. The maximum Gasteiger partial charge on any atom is 0.251 e. The van der Waals surface area contributed by atoms with Crippen LogP contribution in [0.4, 0.5) is 8.78 Å². The SMILES string of the molecule is CC(C)n1ccc(CN(CCO)CC(F)F)n1. The van der Waals surface area contributed by atoms with Gasteiger partial charge in [0.1, 0.15) is 0 Å². The number of halogens is 2. The number of aliphatic hydroxyl groups is 1. The highest BCUT2D eigenvalue weighted by atomic mass is 19.3. The van der Waals surface area contributed by atoms with E-state index in [0.717, 1.165) is 5.69 Å². The normalized spacial score (nSPS) is 12.0.